The minimum Gasteiger partial charge on any atom is -0.388 e. The molecule has 3 rings (SSSR count). The minimum absolute atomic E-state index is 0.154. The van der Waals surface area contributed by atoms with Gasteiger partial charge in [0.25, 0.3) is 5.91 Å². The monoisotopic (exact) mass is 287 g/mol. The summed E-state index contributed by atoms with van der Waals surface area (Å²) in [6.45, 7) is 2.53. The average molecular weight is 287 g/mol. The molecule has 0 atom stereocenters. The van der Waals surface area contributed by atoms with Crippen LogP contribution in [0.1, 0.15) is 43.0 Å². The van der Waals surface area contributed by atoms with Crippen molar-refractivity contribution in [3.8, 4) is 0 Å². The molecular formula is C16H21N3O2. The largest absolute Gasteiger partial charge is 0.388 e. The van der Waals surface area contributed by atoms with Gasteiger partial charge in [-0.05, 0) is 49.8 Å². The first-order valence-electron chi connectivity index (χ1n) is 7.49. The van der Waals surface area contributed by atoms with Gasteiger partial charge in [-0.2, -0.15) is 0 Å². The molecule has 0 radical (unpaired) electrons. The van der Waals surface area contributed by atoms with Gasteiger partial charge in [-0.15, -0.1) is 0 Å². The highest BCUT2D eigenvalue weighted by atomic mass is 16.3. The quantitative estimate of drug-likeness (QED) is 0.810. The third-order valence-corrected chi connectivity index (χ3v) is 4.47. The molecule has 0 unspecified atom stereocenters. The maximum atomic E-state index is 12.2. The number of hydrogen-bond acceptors (Lipinski definition) is 3. The summed E-state index contributed by atoms with van der Waals surface area (Å²) >= 11 is 0. The van der Waals surface area contributed by atoms with Crippen LogP contribution in [0.15, 0.2) is 24.5 Å². The molecule has 0 spiro atoms. The van der Waals surface area contributed by atoms with Crippen molar-refractivity contribution in [3.05, 3.63) is 30.1 Å². The first-order valence-corrected chi connectivity index (χ1v) is 7.49. The van der Waals surface area contributed by atoms with E-state index >= 15 is 0 Å². The van der Waals surface area contributed by atoms with Gasteiger partial charge in [-0.1, -0.05) is 6.92 Å². The Morgan fingerprint density at radius 3 is 3.00 bits per heavy atom. The summed E-state index contributed by atoms with van der Waals surface area (Å²) in [5.41, 5.74) is 1.51. The number of aliphatic hydroxyl groups is 1. The SMILES string of the molecule is CC1CCC(O)(CNC(=O)c2ccc3nc[nH]c3c2)CC1. The summed E-state index contributed by atoms with van der Waals surface area (Å²) in [4.78, 5) is 19.3. The van der Waals surface area contributed by atoms with E-state index in [9.17, 15) is 9.90 Å². The number of carbonyl (C=O) groups is 1. The summed E-state index contributed by atoms with van der Waals surface area (Å²) in [5.74, 6) is 0.516. The van der Waals surface area contributed by atoms with Crippen LogP contribution in [0.5, 0.6) is 0 Å². The number of rotatable bonds is 3. The molecule has 5 heteroatoms. The van der Waals surface area contributed by atoms with Crippen molar-refractivity contribution in [2.45, 2.75) is 38.2 Å². The van der Waals surface area contributed by atoms with Crippen LogP contribution in [-0.4, -0.2) is 33.1 Å². The number of carbonyl (C=O) groups excluding carboxylic acids is 1. The molecule has 1 aliphatic carbocycles. The molecule has 112 valence electrons. The fourth-order valence-electron chi connectivity index (χ4n) is 2.90. The summed E-state index contributed by atoms with van der Waals surface area (Å²) in [5, 5.41) is 13.4. The molecule has 1 amide bonds. The van der Waals surface area contributed by atoms with Gasteiger partial charge in [0.2, 0.25) is 0 Å². The van der Waals surface area contributed by atoms with Crippen LogP contribution in [0.25, 0.3) is 11.0 Å². The Morgan fingerprint density at radius 1 is 1.48 bits per heavy atom. The van der Waals surface area contributed by atoms with E-state index in [2.05, 4.69) is 22.2 Å². The van der Waals surface area contributed by atoms with Crippen LogP contribution in [0, 0.1) is 5.92 Å². The smallest absolute Gasteiger partial charge is 0.251 e. The predicted molar refractivity (Wildman–Crippen MR) is 81.0 cm³/mol. The van der Waals surface area contributed by atoms with E-state index < -0.39 is 5.60 Å². The molecule has 1 saturated carbocycles. The Kier molecular flexibility index (Phi) is 3.68. The Morgan fingerprint density at radius 2 is 2.24 bits per heavy atom. The zero-order valence-electron chi connectivity index (χ0n) is 12.2. The number of nitrogens with zero attached hydrogens (tertiary/aromatic N) is 1. The summed E-state index contributed by atoms with van der Waals surface area (Å²) in [6.07, 6.45) is 5.17. The van der Waals surface area contributed by atoms with Crippen molar-refractivity contribution in [2.24, 2.45) is 5.92 Å². The number of benzene rings is 1. The Balaban J connectivity index is 1.63. The van der Waals surface area contributed by atoms with Crippen LogP contribution in [0.2, 0.25) is 0 Å². The molecule has 0 saturated heterocycles. The number of aromatic amines is 1. The average Bonchev–Trinajstić information content (AvgIpc) is 2.96. The number of aromatic nitrogens is 2. The van der Waals surface area contributed by atoms with Gasteiger partial charge in [-0.3, -0.25) is 4.79 Å². The van der Waals surface area contributed by atoms with Crippen LogP contribution in [-0.2, 0) is 0 Å². The summed E-state index contributed by atoms with van der Waals surface area (Å²) in [6, 6.07) is 5.36. The molecule has 1 heterocycles. The van der Waals surface area contributed by atoms with E-state index in [1.54, 1.807) is 18.5 Å². The van der Waals surface area contributed by atoms with Crippen LogP contribution in [0.4, 0.5) is 0 Å². The second kappa shape index (κ2) is 5.48. The molecule has 0 aliphatic heterocycles. The Bertz CT molecular complexity index is 642. The molecule has 21 heavy (non-hydrogen) atoms. The van der Waals surface area contributed by atoms with Crippen LogP contribution < -0.4 is 5.32 Å². The van der Waals surface area contributed by atoms with Crippen molar-refractivity contribution in [3.63, 3.8) is 0 Å². The zero-order chi connectivity index (χ0) is 14.9. The number of nitrogens with one attached hydrogen (secondary N) is 2. The van der Waals surface area contributed by atoms with Gasteiger partial charge >= 0.3 is 0 Å². The summed E-state index contributed by atoms with van der Waals surface area (Å²) < 4.78 is 0. The van der Waals surface area contributed by atoms with Crippen molar-refractivity contribution < 1.29 is 9.90 Å². The fourth-order valence-corrected chi connectivity index (χ4v) is 2.90. The second-order valence-electron chi connectivity index (χ2n) is 6.22. The number of H-pyrrole nitrogens is 1. The van der Waals surface area contributed by atoms with Gasteiger partial charge in [-0.25, -0.2) is 4.98 Å². The number of hydrogen-bond donors (Lipinski definition) is 3. The van der Waals surface area contributed by atoms with Crippen molar-refractivity contribution in [1.29, 1.82) is 0 Å². The topological polar surface area (TPSA) is 78.0 Å². The van der Waals surface area contributed by atoms with Crippen LogP contribution in [0.3, 0.4) is 0 Å². The Hall–Kier alpha value is -1.88. The molecule has 1 aliphatic rings. The van der Waals surface area contributed by atoms with E-state index in [0.717, 1.165) is 36.7 Å². The minimum atomic E-state index is -0.750. The van der Waals surface area contributed by atoms with Crippen LogP contribution >= 0.6 is 0 Å². The normalized spacial score (nSPS) is 25.9. The number of imidazole rings is 1. The van der Waals surface area contributed by atoms with Gasteiger partial charge in [0, 0.05) is 12.1 Å². The molecule has 3 N–H and O–H groups in total. The molecular weight excluding hydrogens is 266 g/mol. The lowest BCUT2D eigenvalue weighted by Crippen LogP contribution is -2.45. The van der Waals surface area contributed by atoms with Crippen molar-refractivity contribution >= 4 is 16.9 Å². The first-order chi connectivity index (χ1) is 10.1. The molecule has 5 nitrogen and oxygen atoms in total. The van der Waals surface area contributed by atoms with Gasteiger partial charge < -0.3 is 15.4 Å². The molecule has 0 bridgehead atoms. The van der Waals surface area contributed by atoms with E-state index in [1.807, 2.05) is 6.07 Å². The highest BCUT2D eigenvalue weighted by molar-refractivity contribution is 5.97. The standard InChI is InChI=1S/C16H21N3O2/c1-11-4-6-16(21,7-5-11)9-17-15(20)12-2-3-13-14(8-12)19-10-18-13/h2-3,8,10-11,21H,4-7,9H2,1H3,(H,17,20)(H,18,19). The highest BCUT2D eigenvalue weighted by Gasteiger charge is 2.32. The van der Waals surface area contributed by atoms with Gasteiger partial charge in [0.1, 0.15) is 0 Å². The second-order valence-corrected chi connectivity index (χ2v) is 6.22. The fraction of sp³-hybridized carbons (Fsp3) is 0.500. The predicted octanol–water partition coefficient (Wildman–Crippen LogP) is 2.23. The molecule has 2 aromatic rings. The Labute approximate surface area is 123 Å². The number of fused-ring (bicyclic) bond motifs is 1. The van der Waals surface area contributed by atoms with E-state index in [4.69, 9.17) is 0 Å². The van der Waals surface area contributed by atoms with E-state index in [1.165, 1.54) is 0 Å². The molecule has 1 aromatic heterocycles. The lowest BCUT2D eigenvalue weighted by Gasteiger charge is -2.34. The maximum absolute atomic E-state index is 12.2. The van der Waals surface area contributed by atoms with Gasteiger partial charge in [0.15, 0.2) is 0 Å². The summed E-state index contributed by atoms with van der Waals surface area (Å²) in [7, 11) is 0. The maximum Gasteiger partial charge on any atom is 0.251 e. The first kappa shape index (κ1) is 14.1. The van der Waals surface area contributed by atoms with E-state index in [-0.39, 0.29) is 5.91 Å². The lowest BCUT2D eigenvalue weighted by atomic mass is 9.79. The molecule has 1 aromatic carbocycles. The third-order valence-electron chi connectivity index (χ3n) is 4.47. The van der Waals surface area contributed by atoms with Gasteiger partial charge in [0.05, 0.1) is 23.0 Å². The van der Waals surface area contributed by atoms with Crippen molar-refractivity contribution in [1.82, 2.24) is 15.3 Å². The lowest BCUT2D eigenvalue weighted by molar-refractivity contribution is -0.00539. The number of amides is 1. The third kappa shape index (κ3) is 3.08. The van der Waals surface area contributed by atoms with E-state index in [0.29, 0.717) is 18.0 Å². The highest BCUT2D eigenvalue weighted by Crippen LogP contribution is 2.31. The zero-order valence-corrected chi connectivity index (χ0v) is 12.2. The van der Waals surface area contributed by atoms with Crippen molar-refractivity contribution in [2.75, 3.05) is 6.54 Å². The molecule has 1 fully saturated rings.